The number of rotatable bonds is 8. The molecule has 1 atom stereocenters. The number of benzene rings is 2. The minimum absolute atomic E-state index is 0.0102. The number of halogens is 1. The lowest BCUT2D eigenvalue weighted by Crippen LogP contribution is -2.22. The van der Waals surface area contributed by atoms with Crippen LogP contribution in [0.15, 0.2) is 44.7 Å². The van der Waals surface area contributed by atoms with Gasteiger partial charge in [0, 0.05) is 16.5 Å². The van der Waals surface area contributed by atoms with Crippen LogP contribution in [-0.2, 0) is 6.42 Å². The third-order valence-corrected chi connectivity index (χ3v) is 5.38. The Kier molecular flexibility index (Phi) is 7.33. The SMILES string of the molecule is CCc1nc2ccc(Br)cc2c(=O)n1N=Cc1cc(OC)c(O[C@@H](C)CC)c(OC)c1. The summed E-state index contributed by atoms with van der Waals surface area (Å²) in [5.74, 6) is 2.18. The predicted octanol–water partition coefficient (Wildman–Crippen LogP) is 4.80. The fourth-order valence-corrected chi connectivity index (χ4v) is 3.40. The van der Waals surface area contributed by atoms with Gasteiger partial charge in [-0.1, -0.05) is 29.8 Å². The lowest BCUT2D eigenvalue weighted by atomic mass is 10.2. The van der Waals surface area contributed by atoms with E-state index in [4.69, 9.17) is 14.2 Å². The highest BCUT2D eigenvalue weighted by Gasteiger charge is 2.16. The maximum Gasteiger partial charge on any atom is 0.282 e. The first kappa shape index (κ1) is 22.8. The van der Waals surface area contributed by atoms with E-state index in [0.717, 1.165) is 10.9 Å². The van der Waals surface area contributed by atoms with Crippen LogP contribution >= 0.6 is 15.9 Å². The van der Waals surface area contributed by atoms with Crippen molar-refractivity contribution in [3.8, 4) is 17.2 Å². The summed E-state index contributed by atoms with van der Waals surface area (Å²) < 4.78 is 19.1. The van der Waals surface area contributed by atoms with Crippen LogP contribution in [0.5, 0.6) is 17.2 Å². The van der Waals surface area contributed by atoms with Gasteiger partial charge in [0.25, 0.3) is 5.56 Å². The quantitative estimate of drug-likeness (QED) is 0.426. The third kappa shape index (κ3) is 4.90. The maximum absolute atomic E-state index is 13.1. The Labute approximate surface area is 189 Å². The smallest absolute Gasteiger partial charge is 0.282 e. The Morgan fingerprint density at radius 3 is 2.42 bits per heavy atom. The van der Waals surface area contributed by atoms with E-state index in [-0.39, 0.29) is 11.7 Å². The summed E-state index contributed by atoms with van der Waals surface area (Å²) in [6.07, 6.45) is 3.01. The van der Waals surface area contributed by atoms with Crippen LogP contribution in [-0.4, -0.2) is 36.2 Å². The molecule has 31 heavy (non-hydrogen) atoms. The van der Waals surface area contributed by atoms with Gasteiger partial charge in [-0.2, -0.15) is 9.78 Å². The van der Waals surface area contributed by atoms with Gasteiger partial charge in [0.2, 0.25) is 5.75 Å². The molecule has 0 unspecified atom stereocenters. The van der Waals surface area contributed by atoms with Crippen LogP contribution < -0.4 is 19.8 Å². The van der Waals surface area contributed by atoms with Gasteiger partial charge < -0.3 is 14.2 Å². The molecule has 1 aromatic heterocycles. The van der Waals surface area contributed by atoms with E-state index < -0.39 is 0 Å². The number of nitrogens with zero attached hydrogens (tertiary/aromatic N) is 3. The molecule has 3 rings (SSSR count). The number of hydrogen-bond donors (Lipinski definition) is 0. The standard InChI is InChI=1S/C23H26BrN3O4/c1-6-14(3)31-22-19(29-4)10-15(11-20(22)30-5)13-25-27-21(7-2)26-18-9-8-16(24)12-17(18)23(27)28/h8-14H,6-7H2,1-5H3/t14-/m0/s1. The summed E-state index contributed by atoms with van der Waals surface area (Å²) in [6, 6.07) is 9.03. The minimum Gasteiger partial charge on any atom is -0.493 e. The van der Waals surface area contributed by atoms with E-state index in [0.29, 0.717) is 46.0 Å². The van der Waals surface area contributed by atoms with E-state index >= 15 is 0 Å². The number of hydrogen-bond acceptors (Lipinski definition) is 6. The molecule has 0 fully saturated rings. The Bertz CT molecular complexity index is 1150. The Morgan fingerprint density at radius 2 is 1.84 bits per heavy atom. The van der Waals surface area contributed by atoms with Crippen molar-refractivity contribution in [3.63, 3.8) is 0 Å². The highest BCUT2D eigenvalue weighted by atomic mass is 79.9. The zero-order valence-electron chi connectivity index (χ0n) is 18.3. The molecule has 0 saturated heterocycles. The Balaban J connectivity index is 2.08. The van der Waals surface area contributed by atoms with Crippen molar-refractivity contribution in [2.45, 2.75) is 39.7 Å². The van der Waals surface area contributed by atoms with Crippen molar-refractivity contribution >= 4 is 33.0 Å². The Morgan fingerprint density at radius 1 is 1.16 bits per heavy atom. The van der Waals surface area contributed by atoms with Gasteiger partial charge in [-0.05, 0) is 43.7 Å². The fraction of sp³-hybridized carbons (Fsp3) is 0.348. The summed E-state index contributed by atoms with van der Waals surface area (Å²) in [5.41, 5.74) is 1.12. The van der Waals surface area contributed by atoms with Crippen molar-refractivity contribution in [1.82, 2.24) is 9.66 Å². The molecule has 3 aromatic rings. The van der Waals surface area contributed by atoms with Crippen molar-refractivity contribution in [2.24, 2.45) is 5.10 Å². The van der Waals surface area contributed by atoms with E-state index in [1.165, 1.54) is 4.68 Å². The van der Waals surface area contributed by atoms with Crippen LogP contribution in [0.2, 0.25) is 0 Å². The molecule has 0 radical (unpaired) electrons. The van der Waals surface area contributed by atoms with Crippen LogP contribution in [0.3, 0.4) is 0 Å². The Hall–Kier alpha value is -2.87. The van der Waals surface area contributed by atoms with Crippen LogP contribution in [0.4, 0.5) is 0 Å². The highest BCUT2D eigenvalue weighted by molar-refractivity contribution is 9.10. The second-order valence-electron chi connectivity index (χ2n) is 7.00. The molecular formula is C23H26BrN3O4. The lowest BCUT2D eigenvalue weighted by molar-refractivity contribution is 0.198. The zero-order chi connectivity index (χ0) is 22.5. The van der Waals surface area contributed by atoms with E-state index in [9.17, 15) is 4.79 Å². The second kappa shape index (κ2) is 9.96. The van der Waals surface area contributed by atoms with Crippen molar-refractivity contribution < 1.29 is 14.2 Å². The van der Waals surface area contributed by atoms with Crippen LogP contribution in [0.25, 0.3) is 10.9 Å². The molecule has 0 aliphatic carbocycles. The summed E-state index contributed by atoms with van der Waals surface area (Å²) in [5, 5.41) is 4.93. The molecule has 164 valence electrons. The molecule has 8 heteroatoms. The number of fused-ring (bicyclic) bond motifs is 1. The lowest BCUT2D eigenvalue weighted by Gasteiger charge is -2.18. The monoisotopic (exact) mass is 487 g/mol. The van der Waals surface area contributed by atoms with E-state index in [1.54, 1.807) is 38.6 Å². The zero-order valence-corrected chi connectivity index (χ0v) is 19.9. The molecule has 0 saturated carbocycles. The second-order valence-corrected chi connectivity index (χ2v) is 7.91. The highest BCUT2D eigenvalue weighted by Crippen LogP contribution is 2.39. The molecule has 0 aliphatic heterocycles. The summed E-state index contributed by atoms with van der Waals surface area (Å²) >= 11 is 3.41. The van der Waals surface area contributed by atoms with Crippen LogP contribution in [0, 0.1) is 0 Å². The fourth-order valence-electron chi connectivity index (χ4n) is 3.04. The van der Waals surface area contributed by atoms with Gasteiger partial charge in [-0.3, -0.25) is 4.79 Å². The maximum atomic E-state index is 13.1. The average Bonchev–Trinajstić information content (AvgIpc) is 2.78. The summed E-state index contributed by atoms with van der Waals surface area (Å²) in [7, 11) is 3.15. The molecule has 0 bridgehead atoms. The molecule has 0 N–H and O–H groups in total. The van der Waals surface area contributed by atoms with Gasteiger partial charge in [0.1, 0.15) is 5.82 Å². The van der Waals surface area contributed by atoms with Gasteiger partial charge >= 0.3 is 0 Å². The first-order valence-corrected chi connectivity index (χ1v) is 10.9. The first-order valence-electron chi connectivity index (χ1n) is 10.1. The minimum atomic E-state index is -0.227. The van der Waals surface area contributed by atoms with Gasteiger partial charge in [0.05, 0.1) is 37.4 Å². The van der Waals surface area contributed by atoms with Crippen molar-refractivity contribution in [2.75, 3.05) is 14.2 Å². The van der Waals surface area contributed by atoms with Gasteiger partial charge in [-0.15, -0.1) is 0 Å². The molecular weight excluding hydrogens is 462 g/mol. The van der Waals surface area contributed by atoms with Crippen LogP contribution in [0.1, 0.15) is 38.6 Å². The molecule has 2 aromatic carbocycles. The topological polar surface area (TPSA) is 74.9 Å². The predicted molar refractivity (Wildman–Crippen MR) is 126 cm³/mol. The molecule has 0 spiro atoms. The number of methoxy groups -OCH3 is 2. The average molecular weight is 488 g/mol. The molecule has 1 heterocycles. The van der Waals surface area contributed by atoms with Gasteiger partial charge in [-0.25, -0.2) is 4.98 Å². The summed E-state index contributed by atoms with van der Waals surface area (Å²) in [4.78, 5) is 17.6. The number of aryl methyl sites for hydroxylation is 1. The molecule has 0 amide bonds. The largest absolute Gasteiger partial charge is 0.493 e. The third-order valence-electron chi connectivity index (χ3n) is 4.89. The molecule has 7 nitrogen and oxygen atoms in total. The first-order chi connectivity index (χ1) is 14.9. The number of aromatic nitrogens is 2. The van der Waals surface area contributed by atoms with Gasteiger partial charge in [0.15, 0.2) is 11.5 Å². The van der Waals surface area contributed by atoms with Crippen molar-refractivity contribution in [3.05, 3.63) is 56.5 Å². The van der Waals surface area contributed by atoms with E-state index in [2.05, 4.69) is 26.0 Å². The molecule has 0 aliphatic rings. The summed E-state index contributed by atoms with van der Waals surface area (Å²) in [6.45, 7) is 5.97. The normalized spacial score (nSPS) is 12.3. The van der Waals surface area contributed by atoms with Crippen molar-refractivity contribution in [1.29, 1.82) is 0 Å². The number of ether oxygens (including phenoxy) is 3. The van der Waals surface area contributed by atoms with E-state index in [1.807, 2.05) is 32.9 Å².